The second-order valence-electron chi connectivity index (χ2n) is 7.55. The first kappa shape index (κ1) is 22.5. The monoisotopic (exact) mass is 423 g/mol. The van der Waals surface area contributed by atoms with Gasteiger partial charge in [0.1, 0.15) is 12.4 Å². The van der Waals surface area contributed by atoms with Crippen LogP contribution in [0.15, 0.2) is 53.1 Å². The van der Waals surface area contributed by atoms with Gasteiger partial charge in [0.25, 0.3) is 0 Å². The fourth-order valence-corrected chi connectivity index (χ4v) is 2.95. The normalized spacial score (nSPS) is 11.0. The van der Waals surface area contributed by atoms with Crippen molar-refractivity contribution in [2.75, 3.05) is 20.3 Å². The number of nitrogens with one attached hydrogen (secondary N) is 1. The number of hydrogen-bond donors (Lipinski definition) is 1. The minimum atomic E-state index is -0.0681. The molecule has 1 heterocycles. The van der Waals surface area contributed by atoms with Crippen molar-refractivity contribution in [1.29, 1.82) is 0 Å². The fraction of sp³-hybridized carbons (Fsp3) is 0.375. The van der Waals surface area contributed by atoms with E-state index in [1.54, 1.807) is 7.11 Å². The molecule has 3 rings (SSSR count). The number of carbonyl (C=O) groups is 1. The van der Waals surface area contributed by atoms with Gasteiger partial charge in [-0.15, -0.1) is 0 Å². The highest BCUT2D eigenvalue weighted by Crippen LogP contribution is 2.20. The number of ether oxygens (including phenoxy) is 2. The van der Waals surface area contributed by atoms with E-state index in [4.69, 9.17) is 14.0 Å². The lowest BCUT2D eigenvalue weighted by Gasteiger charge is -2.07. The number of aryl methyl sites for hydroxylation is 1. The Balaban J connectivity index is 1.43. The summed E-state index contributed by atoms with van der Waals surface area (Å²) >= 11 is 0. The number of methoxy groups -OCH3 is 1. The first-order valence-corrected chi connectivity index (χ1v) is 10.5. The van der Waals surface area contributed by atoms with Crippen LogP contribution in [0.25, 0.3) is 11.4 Å². The molecular weight excluding hydrogens is 394 g/mol. The Labute approximate surface area is 182 Å². The third kappa shape index (κ3) is 6.93. The van der Waals surface area contributed by atoms with Gasteiger partial charge >= 0.3 is 0 Å². The number of hydrogen-bond acceptors (Lipinski definition) is 6. The molecule has 0 aliphatic carbocycles. The molecule has 31 heavy (non-hydrogen) atoms. The highest BCUT2D eigenvalue weighted by Gasteiger charge is 2.11. The van der Waals surface area contributed by atoms with Crippen molar-refractivity contribution in [1.82, 2.24) is 15.5 Å². The van der Waals surface area contributed by atoms with Crippen LogP contribution < -0.4 is 10.1 Å². The molecule has 1 aromatic heterocycles. The molecule has 0 spiro atoms. The number of carbonyl (C=O) groups excluding carboxylic acids is 1. The maximum absolute atomic E-state index is 12.2. The molecule has 1 amide bonds. The summed E-state index contributed by atoms with van der Waals surface area (Å²) < 4.78 is 15.8. The number of aromatic nitrogens is 2. The minimum absolute atomic E-state index is 0.0681. The minimum Gasteiger partial charge on any atom is -0.491 e. The summed E-state index contributed by atoms with van der Waals surface area (Å²) in [6, 6.07) is 15.7. The molecule has 0 unspecified atom stereocenters. The van der Waals surface area contributed by atoms with Crippen LogP contribution in [0.2, 0.25) is 0 Å². The summed E-state index contributed by atoms with van der Waals surface area (Å²) in [4.78, 5) is 16.6. The van der Waals surface area contributed by atoms with Crippen molar-refractivity contribution < 1.29 is 18.8 Å². The molecule has 0 fully saturated rings. The maximum atomic E-state index is 12.2. The maximum Gasteiger partial charge on any atom is 0.227 e. The summed E-state index contributed by atoms with van der Waals surface area (Å²) in [5.41, 5.74) is 3.16. The van der Waals surface area contributed by atoms with E-state index in [9.17, 15) is 4.79 Å². The molecular formula is C24H29N3O4. The zero-order valence-electron chi connectivity index (χ0n) is 18.3. The third-order valence-corrected chi connectivity index (χ3v) is 4.84. The molecule has 7 heteroatoms. The van der Waals surface area contributed by atoms with Crippen LogP contribution in [0.1, 0.15) is 43.2 Å². The topological polar surface area (TPSA) is 86.5 Å². The van der Waals surface area contributed by atoms with E-state index in [2.05, 4.69) is 41.4 Å². The van der Waals surface area contributed by atoms with Gasteiger partial charge in [0.2, 0.25) is 17.6 Å². The number of amides is 1. The molecule has 0 saturated carbocycles. The van der Waals surface area contributed by atoms with Gasteiger partial charge in [-0.05, 0) is 29.2 Å². The molecule has 0 bridgehead atoms. The van der Waals surface area contributed by atoms with Crippen LogP contribution in [0.4, 0.5) is 0 Å². The molecule has 0 saturated heterocycles. The largest absolute Gasteiger partial charge is 0.491 e. The highest BCUT2D eigenvalue weighted by atomic mass is 16.5. The van der Waals surface area contributed by atoms with Crippen molar-refractivity contribution in [3.8, 4) is 17.1 Å². The van der Waals surface area contributed by atoms with Gasteiger partial charge in [0, 0.05) is 32.1 Å². The smallest absolute Gasteiger partial charge is 0.227 e. The summed E-state index contributed by atoms with van der Waals surface area (Å²) in [5, 5.41) is 6.94. The van der Waals surface area contributed by atoms with Gasteiger partial charge in [0.15, 0.2) is 0 Å². The molecule has 0 radical (unpaired) electrons. The standard InChI is InChI=1S/C24H29N3O4/c1-17(2)19-6-8-20(9-7-19)24-26-23(31-27-24)13-12-22(28)25-16-18-4-10-21(11-5-18)30-15-14-29-3/h4-11,17H,12-16H2,1-3H3,(H,25,28). The van der Waals surface area contributed by atoms with Crippen LogP contribution in [-0.4, -0.2) is 36.4 Å². The third-order valence-electron chi connectivity index (χ3n) is 4.84. The highest BCUT2D eigenvalue weighted by molar-refractivity contribution is 5.76. The quantitative estimate of drug-likeness (QED) is 0.467. The Morgan fingerprint density at radius 1 is 1.06 bits per heavy atom. The predicted octanol–water partition coefficient (Wildman–Crippen LogP) is 4.13. The first-order valence-electron chi connectivity index (χ1n) is 10.5. The number of nitrogens with zero attached hydrogens (tertiary/aromatic N) is 2. The number of benzene rings is 2. The lowest BCUT2D eigenvalue weighted by atomic mass is 10.0. The van der Waals surface area contributed by atoms with Gasteiger partial charge in [-0.1, -0.05) is 55.4 Å². The van der Waals surface area contributed by atoms with Gasteiger partial charge in [0.05, 0.1) is 6.61 Å². The summed E-state index contributed by atoms with van der Waals surface area (Å²) in [6.07, 6.45) is 0.682. The average molecular weight is 424 g/mol. The van der Waals surface area contributed by atoms with Crippen molar-refractivity contribution in [3.63, 3.8) is 0 Å². The van der Waals surface area contributed by atoms with E-state index in [0.717, 1.165) is 16.9 Å². The van der Waals surface area contributed by atoms with E-state index in [1.165, 1.54) is 5.56 Å². The lowest BCUT2D eigenvalue weighted by molar-refractivity contribution is -0.121. The van der Waals surface area contributed by atoms with E-state index in [-0.39, 0.29) is 12.3 Å². The zero-order chi connectivity index (χ0) is 22.1. The molecule has 0 aliphatic rings. The predicted molar refractivity (Wildman–Crippen MR) is 118 cm³/mol. The SMILES string of the molecule is COCCOc1ccc(CNC(=O)CCc2nc(-c3ccc(C(C)C)cc3)no2)cc1. The van der Waals surface area contributed by atoms with Crippen molar-refractivity contribution in [2.45, 2.75) is 39.2 Å². The second kappa shape index (κ2) is 11.3. The first-order chi connectivity index (χ1) is 15.0. The van der Waals surface area contributed by atoms with E-state index in [1.807, 2.05) is 36.4 Å². The Hall–Kier alpha value is -3.19. The number of rotatable bonds is 11. The summed E-state index contributed by atoms with van der Waals surface area (Å²) in [5.74, 6) is 2.18. The van der Waals surface area contributed by atoms with E-state index in [0.29, 0.717) is 43.8 Å². The van der Waals surface area contributed by atoms with Crippen molar-refractivity contribution >= 4 is 5.91 Å². The molecule has 164 valence electrons. The molecule has 1 N–H and O–H groups in total. The zero-order valence-corrected chi connectivity index (χ0v) is 18.3. The van der Waals surface area contributed by atoms with Crippen LogP contribution in [-0.2, 0) is 22.5 Å². The molecule has 7 nitrogen and oxygen atoms in total. The van der Waals surface area contributed by atoms with Crippen molar-refractivity contribution in [3.05, 3.63) is 65.5 Å². The Bertz CT molecular complexity index is 950. The summed E-state index contributed by atoms with van der Waals surface area (Å²) in [7, 11) is 1.64. The van der Waals surface area contributed by atoms with Gasteiger partial charge < -0.3 is 19.3 Å². The Kier molecular flexibility index (Phi) is 8.18. The fourth-order valence-electron chi connectivity index (χ4n) is 2.95. The van der Waals surface area contributed by atoms with Gasteiger partial charge in [-0.3, -0.25) is 4.79 Å². The van der Waals surface area contributed by atoms with Gasteiger partial charge in [-0.25, -0.2) is 0 Å². The lowest BCUT2D eigenvalue weighted by Crippen LogP contribution is -2.23. The molecule has 0 aliphatic heterocycles. The van der Waals surface area contributed by atoms with Gasteiger partial charge in [-0.2, -0.15) is 4.98 Å². The Morgan fingerprint density at radius 2 is 1.81 bits per heavy atom. The van der Waals surface area contributed by atoms with Crippen molar-refractivity contribution in [2.24, 2.45) is 0 Å². The second-order valence-corrected chi connectivity index (χ2v) is 7.55. The van der Waals surface area contributed by atoms with Crippen LogP contribution >= 0.6 is 0 Å². The van der Waals surface area contributed by atoms with E-state index < -0.39 is 0 Å². The van der Waals surface area contributed by atoms with E-state index >= 15 is 0 Å². The van der Waals surface area contributed by atoms with Crippen LogP contribution in [0.3, 0.4) is 0 Å². The molecule has 0 atom stereocenters. The molecule has 2 aromatic carbocycles. The Morgan fingerprint density at radius 3 is 2.48 bits per heavy atom. The summed E-state index contributed by atoms with van der Waals surface area (Å²) in [6.45, 7) is 5.81. The van der Waals surface area contributed by atoms with Crippen LogP contribution in [0.5, 0.6) is 5.75 Å². The average Bonchev–Trinajstić information content (AvgIpc) is 3.26. The van der Waals surface area contributed by atoms with Crippen LogP contribution in [0, 0.1) is 0 Å². The molecule has 3 aromatic rings.